The number of hydrogen-bond acceptors (Lipinski definition) is 6. The summed E-state index contributed by atoms with van der Waals surface area (Å²) >= 11 is 3.17. The van der Waals surface area contributed by atoms with E-state index < -0.39 is 0 Å². The van der Waals surface area contributed by atoms with Gasteiger partial charge in [-0.25, -0.2) is 4.98 Å². The Morgan fingerprint density at radius 1 is 1.13 bits per heavy atom. The number of hydrogen-bond donors (Lipinski definition) is 0. The van der Waals surface area contributed by atoms with Crippen molar-refractivity contribution in [3.05, 3.63) is 78.1 Å². The van der Waals surface area contributed by atoms with Crippen molar-refractivity contribution in [1.29, 1.82) is 0 Å². The molecule has 2 heterocycles. The van der Waals surface area contributed by atoms with E-state index in [-0.39, 0.29) is 5.91 Å². The first-order valence-electron chi connectivity index (χ1n) is 9.44. The van der Waals surface area contributed by atoms with E-state index in [9.17, 15) is 4.79 Å². The summed E-state index contributed by atoms with van der Waals surface area (Å²) in [5, 5.41) is 0.662. The number of methoxy groups -OCH3 is 1. The number of nitrogens with zero attached hydrogens (tertiary/aromatic N) is 3. The van der Waals surface area contributed by atoms with Crippen LogP contribution in [-0.4, -0.2) is 29.2 Å². The number of amides is 1. The highest BCUT2D eigenvalue weighted by Gasteiger charge is 2.21. The third kappa shape index (κ3) is 4.63. The Hall–Kier alpha value is -2.90. The summed E-state index contributed by atoms with van der Waals surface area (Å²) in [6.07, 6.45) is 4.08. The zero-order valence-corrected chi connectivity index (χ0v) is 18.4. The van der Waals surface area contributed by atoms with Crippen molar-refractivity contribution < 1.29 is 9.53 Å². The number of carbonyl (C=O) groups excluding carboxylic acids is 1. The van der Waals surface area contributed by atoms with Crippen LogP contribution >= 0.6 is 23.1 Å². The number of thiazole rings is 1. The lowest BCUT2D eigenvalue weighted by atomic mass is 10.1. The van der Waals surface area contributed by atoms with Gasteiger partial charge in [0.1, 0.15) is 5.75 Å². The SMILES string of the molecule is COc1ccc2nc(N(Cc3ccccn3)C(=O)Cc3ccc(SC)cc3)sc2c1. The monoisotopic (exact) mass is 435 g/mol. The molecule has 4 aromatic rings. The summed E-state index contributed by atoms with van der Waals surface area (Å²) in [4.78, 5) is 25.3. The van der Waals surface area contributed by atoms with Gasteiger partial charge in [-0.05, 0) is 54.3 Å². The normalized spacial score (nSPS) is 10.9. The minimum Gasteiger partial charge on any atom is -0.497 e. The molecular formula is C23H21N3O2S2. The number of anilines is 1. The van der Waals surface area contributed by atoms with Crippen LogP contribution in [0.2, 0.25) is 0 Å². The maximum atomic E-state index is 13.3. The highest BCUT2D eigenvalue weighted by Crippen LogP contribution is 2.32. The highest BCUT2D eigenvalue weighted by molar-refractivity contribution is 7.98. The van der Waals surface area contributed by atoms with Crippen molar-refractivity contribution in [3.63, 3.8) is 0 Å². The van der Waals surface area contributed by atoms with Crippen molar-refractivity contribution >= 4 is 44.4 Å². The minimum absolute atomic E-state index is 0.0106. The van der Waals surface area contributed by atoms with E-state index in [1.165, 1.54) is 16.2 Å². The van der Waals surface area contributed by atoms with Gasteiger partial charge in [0, 0.05) is 11.1 Å². The van der Waals surface area contributed by atoms with Gasteiger partial charge in [-0.1, -0.05) is 29.5 Å². The van der Waals surface area contributed by atoms with Crippen LogP contribution in [0.4, 0.5) is 5.13 Å². The third-order valence-corrected chi connectivity index (χ3v) is 6.46. The number of ether oxygens (including phenoxy) is 1. The van der Waals surface area contributed by atoms with Crippen molar-refractivity contribution in [2.75, 3.05) is 18.3 Å². The molecular weight excluding hydrogens is 414 g/mol. The summed E-state index contributed by atoms with van der Waals surface area (Å²) in [5.74, 6) is 0.762. The van der Waals surface area contributed by atoms with Crippen molar-refractivity contribution in [2.45, 2.75) is 17.9 Å². The van der Waals surface area contributed by atoms with Crippen LogP contribution in [0.3, 0.4) is 0 Å². The zero-order valence-electron chi connectivity index (χ0n) is 16.7. The summed E-state index contributed by atoms with van der Waals surface area (Å²) < 4.78 is 6.30. The molecule has 0 aliphatic heterocycles. The van der Waals surface area contributed by atoms with Crippen molar-refractivity contribution in [3.8, 4) is 5.75 Å². The van der Waals surface area contributed by atoms with Crippen molar-refractivity contribution in [1.82, 2.24) is 9.97 Å². The Labute approximate surface area is 183 Å². The molecule has 2 aromatic carbocycles. The highest BCUT2D eigenvalue weighted by atomic mass is 32.2. The summed E-state index contributed by atoms with van der Waals surface area (Å²) in [7, 11) is 1.64. The predicted octanol–water partition coefficient (Wildman–Crippen LogP) is 5.20. The van der Waals surface area contributed by atoms with Gasteiger partial charge in [0.2, 0.25) is 5.91 Å². The Balaban J connectivity index is 1.65. The van der Waals surface area contributed by atoms with Crippen LogP contribution in [0, 0.1) is 0 Å². The van der Waals surface area contributed by atoms with Gasteiger partial charge in [-0.3, -0.25) is 14.7 Å². The largest absolute Gasteiger partial charge is 0.497 e. The standard InChI is InChI=1S/C23H21N3O2S2/c1-28-18-8-11-20-21(14-18)30-23(25-20)26(15-17-5-3-4-12-24-17)22(27)13-16-6-9-19(29-2)10-7-16/h3-12,14H,13,15H2,1-2H3. The second-order valence-electron chi connectivity index (χ2n) is 6.66. The molecule has 0 aliphatic carbocycles. The average Bonchev–Trinajstić information content (AvgIpc) is 3.21. The van der Waals surface area contributed by atoms with Crippen LogP contribution in [0.15, 0.2) is 71.8 Å². The molecule has 0 unspecified atom stereocenters. The molecule has 30 heavy (non-hydrogen) atoms. The maximum Gasteiger partial charge on any atom is 0.233 e. The molecule has 7 heteroatoms. The van der Waals surface area contributed by atoms with Crippen LogP contribution < -0.4 is 9.64 Å². The number of fused-ring (bicyclic) bond motifs is 1. The fourth-order valence-electron chi connectivity index (χ4n) is 3.06. The third-order valence-electron chi connectivity index (χ3n) is 4.68. The molecule has 0 atom stereocenters. The van der Waals surface area contributed by atoms with Crippen molar-refractivity contribution in [2.24, 2.45) is 0 Å². The molecule has 0 radical (unpaired) electrons. The lowest BCUT2D eigenvalue weighted by Crippen LogP contribution is -2.32. The topological polar surface area (TPSA) is 55.3 Å². The summed E-state index contributed by atoms with van der Waals surface area (Å²) in [6, 6.07) is 19.6. The van der Waals surface area contributed by atoms with Gasteiger partial charge in [0.15, 0.2) is 5.13 Å². The molecule has 0 spiro atoms. The fourth-order valence-corrected chi connectivity index (χ4v) is 4.48. The predicted molar refractivity (Wildman–Crippen MR) is 124 cm³/mol. The van der Waals surface area contributed by atoms with Crippen LogP contribution in [0.25, 0.3) is 10.2 Å². The van der Waals surface area contributed by atoms with E-state index in [0.29, 0.717) is 18.1 Å². The Kier molecular flexibility index (Phi) is 6.30. The van der Waals surface area contributed by atoms with Gasteiger partial charge in [-0.15, -0.1) is 11.8 Å². The first kappa shape index (κ1) is 20.4. The lowest BCUT2D eigenvalue weighted by molar-refractivity contribution is -0.118. The summed E-state index contributed by atoms with van der Waals surface area (Å²) in [6.45, 7) is 0.375. The Bertz CT molecular complexity index is 1140. The van der Waals surface area contributed by atoms with E-state index in [4.69, 9.17) is 9.72 Å². The molecule has 5 nitrogen and oxygen atoms in total. The lowest BCUT2D eigenvalue weighted by Gasteiger charge is -2.19. The molecule has 0 fully saturated rings. The minimum atomic E-state index is -0.0106. The smallest absolute Gasteiger partial charge is 0.233 e. The Morgan fingerprint density at radius 2 is 1.97 bits per heavy atom. The molecule has 0 saturated carbocycles. The first-order chi connectivity index (χ1) is 14.7. The quantitative estimate of drug-likeness (QED) is 0.374. The van der Waals surface area contributed by atoms with Crippen LogP contribution in [0.1, 0.15) is 11.3 Å². The fraction of sp³-hybridized carbons (Fsp3) is 0.174. The van der Waals surface area contributed by atoms with Gasteiger partial charge < -0.3 is 4.74 Å². The van der Waals surface area contributed by atoms with E-state index >= 15 is 0 Å². The number of benzene rings is 2. The van der Waals surface area contributed by atoms with E-state index in [0.717, 1.165) is 27.2 Å². The van der Waals surface area contributed by atoms with E-state index in [1.54, 1.807) is 30.0 Å². The second-order valence-corrected chi connectivity index (χ2v) is 8.54. The first-order valence-corrected chi connectivity index (χ1v) is 11.5. The van der Waals surface area contributed by atoms with Crippen LogP contribution in [0.5, 0.6) is 5.75 Å². The van der Waals surface area contributed by atoms with E-state index in [1.807, 2.05) is 66.9 Å². The van der Waals surface area contributed by atoms with Gasteiger partial charge in [-0.2, -0.15) is 0 Å². The van der Waals surface area contributed by atoms with Gasteiger partial charge in [0.25, 0.3) is 0 Å². The molecule has 0 aliphatic rings. The van der Waals surface area contributed by atoms with Gasteiger partial charge >= 0.3 is 0 Å². The molecule has 4 rings (SSSR count). The number of carbonyl (C=O) groups is 1. The Morgan fingerprint density at radius 3 is 2.67 bits per heavy atom. The van der Waals surface area contributed by atoms with Gasteiger partial charge in [0.05, 0.1) is 36.0 Å². The number of thioether (sulfide) groups is 1. The average molecular weight is 436 g/mol. The summed E-state index contributed by atoms with van der Waals surface area (Å²) in [5.41, 5.74) is 2.64. The molecule has 0 bridgehead atoms. The molecule has 0 saturated heterocycles. The maximum absolute atomic E-state index is 13.3. The molecule has 152 valence electrons. The zero-order chi connectivity index (χ0) is 20.9. The number of pyridine rings is 1. The van der Waals surface area contributed by atoms with Crippen LogP contribution in [-0.2, 0) is 17.8 Å². The van der Waals surface area contributed by atoms with E-state index in [2.05, 4.69) is 4.98 Å². The molecule has 1 amide bonds. The number of aromatic nitrogens is 2. The number of rotatable bonds is 7. The second kappa shape index (κ2) is 9.28. The molecule has 0 N–H and O–H groups in total. The molecule has 2 aromatic heterocycles.